The molecule has 0 amide bonds. The fraction of sp³-hybridized carbons (Fsp3) is 0.778. The molecule has 5 nitrogen and oxygen atoms in total. The van der Waals surface area contributed by atoms with E-state index in [4.69, 9.17) is 0 Å². The topological polar surface area (TPSA) is 69.6 Å². The summed E-state index contributed by atoms with van der Waals surface area (Å²) in [4.78, 5) is 26.6. The second-order valence-corrected chi connectivity index (χ2v) is 6.44. The van der Waals surface area contributed by atoms with Crippen LogP contribution in [0.1, 0.15) is 47.0 Å². The smallest absolute Gasteiger partial charge is 0.219 e. The Labute approximate surface area is 141 Å². The normalized spacial score (nSPS) is 17.2. The van der Waals surface area contributed by atoms with E-state index in [-0.39, 0.29) is 5.92 Å². The van der Waals surface area contributed by atoms with Crippen molar-refractivity contribution in [2.75, 3.05) is 20.6 Å². The van der Waals surface area contributed by atoms with Crippen LogP contribution in [-0.4, -0.2) is 60.4 Å². The van der Waals surface area contributed by atoms with Crippen molar-refractivity contribution in [3.05, 3.63) is 12.2 Å². The van der Waals surface area contributed by atoms with Crippen molar-refractivity contribution in [1.82, 2.24) is 10.2 Å². The summed E-state index contributed by atoms with van der Waals surface area (Å²) >= 11 is 0. The Morgan fingerprint density at radius 1 is 1.22 bits per heavy atom. The lowest BCUT2D eigenvalue weighted by Gasteiger charge is -2.31. The van der Waals surface area contributed by atoms with E-state index in [0.29, 0.717) is 13.0 Å². The van der Waals surface area contributed by atoms with Crippen molar-refractivity contribution in [3.8, 4) is 0 Å². The molecule has 134 valence electrons. The van der Waals surface area contributed by atoms with E-state index in [1.54, 1.807) is 25.9 Å². The number of ketones is 2. The van der Waals surface area contributed by atoms with Gasteiger partial charge >= 0.3 is 0 Å². The molecule has 0 aromatic heterocycles. The number of rotatable bonds is 12. The van der Waals surface area contributed by atoms with Crippen LogP contribution in [0.2, 0.25) is 0 Å². The van der Waals surface area contributed by atoms with E-state index in [1.807, 2.05) is 26.0 Å². The van der Waals surface area contributed by atoms with E-state index < -0.39 is 29.8 Å². The van der Waals surface area contributed by atoms with Gasteiger partial charge in [-0.15, -0.1) is 0 Å². The Bertz CT molecular complexity index is 394. The van der Waals surface area contributed by atoms with Crippen LogP contribution in [0.3, 0.4) is 0 Å². The molecule has 0 saturated heterocycles. The molecule has 0 aromatic rings. The Hall–Kier alpha value is -1.04. The molecule has 0 radical (unpaired) electrons. The molecule has 0 aliphatic carbocycles. The fourth-order valence-corrected chi connectivity index (χ4v) is 2.44. The first kappa shape index (κ1) is 22.0. The van der Waals surface area contributed by atoms with E-state index in [9.17, 15) is 14.7 Å². The number of carbonyl (C=O) groups excluding carboxylic acids is 2. The van der Waals surface area contributed by atoms with Crippen LogP contribution in [0.5, 0.6) is 0 Å². The van der Waals surface area contributed by atoms with E-state index in [0.717, 1.165) is 12.8 Å². The van der Waals surface area contributed by atoms with Gasteiger partial charge in [-0.05, 0) is 53.2 Å². The van der Waals surface area contributed by atoms with E-state index in [2.05, 4.69) is 12.2 Å². The number of carbonyl (C=O) groups is 2. The van der Waals surface area contributed by atoms with Crippen LogP contribution in [-0.2, 0) is 9.59 Å². The molecule has 2 N–H and O–H groups in total. The molecular formula is C18H34N2O3. The third-order valence-electron chi connectivity index (χ3n) is 4.09. The molecule has 0 fully saturated rings. The SMILES string of the molecule is C/C=C/C[C@@H](C)[C@@H](O)[C@H](C(=O)C(=O)[C@@H](C)NCCCC)N(C)C. The molecule has 23 heavy (non-hydrogen) atoms. The lowest BCUT2D eigenvalue weighted by atomic mass is 9.89. The van der Waals surface area contributed by atoms with Gasteiger partial charge in [-0.1, -0.05) is 32.4 Å². The van der Waals surface area contributed by atoms with Crippen LogP contribution in [0, 0.1) is 5.92 Å². The number of unbranched alkanes of at least 4 members (excludes halogenated alkanes) is 1. The van der Waals surface area contributed by atoms with Gasteiger partial charge < -0.3 is 10.4 Å². The Kier molecular flexibility index (Phi) is 11.0. The number of nitrogens with zero attached hydrogens (tertiary/aromatic N) is 1. The summed E-state index contributed by atoms with van der Waals surface area (Å²) in [7, 11) is 3.44. The summed E-state index contributed by atoms with van der Waals surface area (Å²) in [5.74, 6) is -1.08. The molecule has 0 aliphatic heterocycles. The molecule has 0 unspecified atom stereocenters. The molecule has 4 atom stereocenters. The highest BCUT2D eigenvalue weighted by molar-refractivity contribution is 6.41. The van der Waals surface area contributed by atoms with Crippen molar-refractivity contribution in [2.24, 2.45) is 5.92 Å². The number of hydrogen-bond acceptors (Lipinski definition) is 5. The summed E-state index contributed by atoms with van der Waals surface area (Å²) in [5, 5.41) is 13.6. The molecule has 5 heteroatoms. The minimum Gasteiger partial charge on any atom is -0.391 e. The first-order chi connectivity index (χ1) is 10.8. The van der Waals surface area contributed by atoms with E-state index >= 15 is 0 Å². The number of likely N-dealkylation sites (N-methyl/N-ethyl adjacent to an activating group) is 1. The summed E-state index contributed by atoms with van der Waals surface area (Å²) in [6.07, 6.45) is 5.67. The highest BCUT2D eigenvalue weighted by atomic mass is 16.3. The number of nitrogens with one attached hydrogen (secondary N) is 1. The molecule has 0 saturated carbocycles. The quantitative estimate of drug-likeness (QED) is 0.325. The lowest BCUT2D eigenvalue weighted by Crippen LogP contribution is -2.53. The van der Waals surface area contributed by atoms with Crippen LogP contribution in [0.4, 0.5) is 0 Å². The van der Waals surface area contributed by atoms with Crippen LogP contribution >= 0.6 is 0 Å². The molecule has 0 bridgehead atoms. The maximum absolute atomic E-state index is 12.6. The van der Waals surface area contributed by atoms with E-state index in [1.165, 1.54) is 0 Å². The first-order valence-corrected chi connectivity index (χ1v) is 8.54. The van der Waals surface area contributed by atoms with Gasteiger partial charge in [0.25, 0.3) is 0 Å². The largest absolute Gasteiger partial charge is 0.391 e. The summed E-state index contributed by atoms with van der Waals surface area (Å²) in [5.41, 5.74) is 0. The molecule has 0 spiro atoms. The van der Waals surface area contributed by atoms with Crippen LogP contribution < -0.4 is 5.32 Å². The zero-order valence-corrected chi connectivity index (χ0v) is 15.5. The van der Waals surface area contributed by atoms with Gasteiger partial charge in [-0.2, -0.15) is 0 Å². The zero-order chi connectivity index (χ0) is 18.0. The maximum Gasteiger partial charge on any atom is 0.219 e. The third kappa shape index (κ3) is 7.38. The second-order valence-electron chi connectivity index (χ2n) is 6.44. The Morgan fingerprint density at radius 3 is 2.30 bits per heavy atom. The van der Waals surface area contributed by atoms with Crippen LogP contribution in [0.15, 0.2) is 12.2 Å². The van der Waals surface area contributed by atoms with Crippen molar-refractivity contribution in [3.63, 3.8) is 0 Å². The zero-order valence-electron chi connectivity index (χ0n) is 15.5. The summed E-state index contributed by atoms with van der Waals surface area (Å²) in [6, 6.07) is -1.33. The number of Topliss-reactive ketones (excluding diaryl/α,β-unsaturated/α-hetero) is 2. The molecular weight excluding hydrogens is 292 g/mol. The summed E-state index contributed by atoms with van der Waals surface area (Å²) < 4.78 is 0. The summed E-state index contributed by atoms with van der Waals surface area (Å²) in [6.45, 7) is 8.30. The van der Waals surface area contributed by atoms with Gasteiger partial charge in [-0.25, -0.2) is 0 Å². The van der Waals surface area contributed by atoms with Gasteiger partial charge in [-0.3, -0.25) is 14.5 Å². The number of aliphatic hydroxyl groups excluding tert-OH is 1. The Balaban J connectivity index is 4.93. The first-order valence-electron chi connectivity index (χ1n) is 8.54. The predicted molar refractivity (Wildman–Crippen MR) is 94.5 cm³/mol. The minimum absolute atomic E-state index is 0.0984. The highest BCUT2D eigenvalue weighted by Gasteiger charge is 2.37. The van der Waals surface area contributed by atoms with Crippen molar-refractivity contribution >= 4 is 11.6 Å². The average molecular weight is 326 g/mol. The van der Waals surface area contributed by atoms with Crippen molar-refractivity contribution < 1.29 is 14.7 Å². The lowest BCUT2D eigenvalue weighted by molar-refractivity contribution is -0.143. The number of allylic oxidation sites excluding steroid dienone is 2. The molecule has 0 aromatic carbocycles. The molecule has 0 rings (SSSR count). The molecule has 0 heterocycles. The monoisotopic (exact) mass is 326 g/mol. The fourth-order valence-electron chi connectivity index (χ4n) is 2.44. The minimum atomic E-state index is -0.875. The Morgan fingerprint density at radius 2 is 1.83 bits per heavy atom. The maximum atomic E-state index is 12.6. The van der Waals surface area contributed by atoms with Gasteiger partial charge in [0.2, 0.25) is 11.6 Å². The van der Waals surface area contributed by atoms with Gasteiger partial charge in [0.15, 0.2) is 0 Å². The standard InChI is InChI=1S/C18H34N2O3/c1-7-9-11-13(3)16(21)15(20(5)6)18(23)17(22)14(4)19-12-10-8-2/h7,9,13-16,19,21H,8,10-12H2,1-6H3/b9-7+/t13-,14-,15-,16-/m1/s1. The van der Waals surface area contributed by atoms with Gasteiger partial charge in [0, 0.05) is 0 Å². The van der Waals surface area contributed by atoms with Crippen molar-refractivity contribution in [2.45, 2.75) is 65.1 Å². The molecule has 0 aliphatic rings. The number of hydrogen-bond donors (Lipinski definition) is 2. The average Bonchev–Trinajstić information content (AvgIpc) is 2.51. The van der Waals surface area contributed by atoms with Crippen LogP contribution in [0.25, 0.3) is 0 Å². The highest BCUT2D eigenvalue weighted by Crippen LogP contribution is 2.17. The third-order valence-corrected chi connectivity index (χ3v) is 4.09. The van der Waals surface area contributed by atoms with Gasteiger partial charge in [0.1, 0.15) is 6.04 Å². The predicted octanol–water partition coefficient (Wildman–Crippen LogP) is 1.80. The van der Waals surface area contributed by atoms with Gasteiger partial charge in [0.05, 0.1) is 12.1 Å². The van der Waals surface area contributed by atoms with Crippen molar-refractivity contribution in [1.29, 1.82) is 0 Å². The second kappa shape index (κ2) is 11.5. The number of aliphatic hydroxyl groups is 1.